The van der Waals surface area contributed by atoms with E-state index in [0.717, 1.165) is 19.5 Å². The molecule has 0 amide bonds. The molecule has 0 aliphatic carbocycles. The Kier molecular flexibility index (Phi) is 4.96. The van der Waals surface area contributed by atoms with Crippen molar-refractivity contribution in [3.63, 3.8) is 0 Å². The van der Waals surface area contributed by atoms with Gasteiger partial charge in [0, 0.05) is 13.1 Å². The van der Waals surface area contributed by atoms with Crippen LogP contribution in [0.5, 0.6) is 0 Å². The van der Waals surface area contributed by atoms with Gasteiger partial charge >= 0.3 is 5.97 Å². The lowest BCUT2D eigenvalue weighted by molar-refractivity contribution is -0.146. The molecule has 1 heterocycles. The summed E-state index contributed by atoms with van der Waals surface area (Å²) in [5.74, 6) is -0.138. The summed E-state index contributed by atoms with van der Waals surface area (Å²) in [6.07, 6.45) is 1.74. The SMILES string of the molecule is COC(=O)[C@H](Cc1ccccc1)N1CCC(C)=C(C)C1. The first kappa shape index (κ1) is 14.8. The number of hydrogen-bond acceptors (Lipinski definition) is 3. The number of esters is 1. The van der Waals surface area contributed by atoms with Crippen molar-refractivity contribution >= 4 is 5.97 Å². The van der Waals surface area contributed by atoms with E-state index in [1.54, 1.807) is 0 Å². The highest BCUT2D eigenvalue weighted by Gasteiger charge is 2.29. The maximum Gasteiger partial charge on any atom is 0.323 e. The summed E-state index contributed by atoms with van der Waals surface area (Å²) in [6, 6.07) is 9.95. The van der Waals surface area contributed by atoms with Crippen LogP contribution in [-0.2, 0) is 16.0 Å². The van der Waals surface area contributed by atoms with Crippen LogP contribution in [0, 0.1) is 0 Å². The molecule has 0 bridgehead atoms. The van der Waals surface area contributed by atoms with Gasteiger partial charge in [-0.1, -0.05) is 41.5 Å². The van der Waals surface area contributed by atoms with Crippen molar-refractivity contribution < 1.29 is 9.53 Å². The normalized spacial score (nSPS) is 17.9. The Morgan fingerprint density at radius 1 is 1.25 bits per heavy atom. The Morgan fingerprint density at radius 3 is 2.55 bits per heavy atom. The second-order valence-electron chi connectivity index (χ2n) is 5.51. The molecule has 0 saturated heterocycles. The minimum absolute atomic E-state index is 0.138. The maximum absolute atomic E-state index is 12.1. The Hall–Kier alpha value is -1.61. The fourth-order valence-corrected chi connectivity index (χ4v) is 2.64. The zero-order valence-electron chi connectivity index (χ0n) is 12.6. The summed E-state index contributed by atoms with van der Waals surface area (Å²) in [7, 11) is 1.47. The third-order valence-electron chi connectivity index (χ3n) is 4.13. The van der Waals surface area contributed by atoms with Gasteiger partial charge in [-0.25, -0.2) is 0 Å². The minimum Gasteiger partial charge on any atom is -0.468 e. The Bertz CT molecular complexity index is 493. The largest absolute Gasteiger partial charge is 0.468 e. The monoisotopic (exact) mass is 273 g/mol. The van der Waals surface area contributed by atoms with Crippen LogP contribution < -0.4 is 0 Å². The van der Waals surface area contributed by atoms with Gasteiger partial charge in [0.1, 0.15) is 6.04 Å². The molecule has 1 aliphatic rings. The Morgan fingerprint density at radius 2 is 1.95 bits per heavy atom. The average Bonchev–Trinajstić information content (AvgIpc) is 2.48. The van der Waals surface area contributed by atoms with Gasteiger partial charge in [0.25, 0.3) is 0 Å². The van der Waals surface area contributed by atoms with E-state index in [1.807, 2.05) is 18.2 Å². The summed E-state index contributed by atoms with van der Waals surface area (Å²) in [6.45, 7) is 6.11. The smallest absolute Gasteiger partial charge is 0.323 e. The summed E-state index contributed by atoms with van der Waals surface area (Å²) in [5, 5.41) is 0. The number of methoxy groups -OCH3 is 1. The van der Waals surface area contributed by atoms with Crippen molar-refractivity contribution in [3.8, 4) is 0 Å². The average molecular weight is 273 g/mol. The lowest BCUT2D eigenvalue weighted by Gasteiger charge is -2.34. The molecule has 0 radical (unpaired) electrons. The molecular formula is C17H23NO2. The highest BCUT2D eigenvalue weighted by molar-refractivity contribution is 5.76. The summed E-state index contributed by atoms with van der Waals surface area (Å²) in [4.78, 5) is 14.4. The van der Waals surface area contributed by atoms with Crippen molar-refractivity contribution in [2.24, 2.45) is 0 Å². The van der Waals surface area contributed by atoms with E-state index in [1.165, 1.54) is 23.8 Å². The van der Waals surface area contributed by atoms with Crippen LogP contribution in [0.15, 0.2) is 41.5 Å². The molecule has 1 aromatic carbocycles. The highest BCUT2D eigenvalue weighted by Crippen LogP contribution is 2.21. The fourth-order valence-electron chi connectivity index (χ4n) is 2.64. The standard InChI is InChI=1S/C17H23NO2/c1-13-9-10-18(12-14(13)2)16(17(19)20-3)11-15-7-5-4-6-8-15/h4-8,16H,9-12H2,1-3H3/t16-/m0/s1. The van der Waals surface area contributed by atoms with Crippen LogP contribution >= 0.6 is 0 Å². The van der Waals surface area contributed by atoms with E-state index >= 15 is 0 Å². The third-order valence-corrected chi connectivity index (χ3v) is 4.13. The fraction of sp³-hybridized carbons (Fsp3) is 0.471. The van der Waals surface area contributed by atoms with Gasteiger partial charge in [0.2, 0.25) is 0 Å². The first-order valence-electron chi connectivity index (χ1n) is 7.13. The molecule has 0 unspecified atom stereocenters. The molecule has 2 rings (SSSR count). The predicted molar refractivity (Wildman–Crippen MR) is 80.5 cm³/mol. The molecule has 0 fully saturated rings. The molecule has 0 spiro atoms. The van der Waals surface area contributed by atoms with Gasteiger partial charge in [0.15, 0.2) is 0 Å². The van der Waals surface area contributed by atoms with Crippen molar-refractivity contribution in [1.82, 2.24) is 4.90 Å². The van der Waals surface area contributed by atoms with E-state index in [2.05, 4.69) is 30.9 Å². The molecule has 20 heavy (non-hydrogen) atoms. The Labute approximate surface area is 121 Å². The predicted octanol–water partition coefficient (Wildman–Crippen LogP) is 2.81. The Balaban J connectivity index is 2.14. The zero-order chi connectivity index (χ0) is 14.5. The van der Waals surface area contributed by atoms with Crippen LogP contribution in [-0.4, -0.2) is 37.1 Å². The molecular weight excluding hydrogens is 250 g/mol. The molecule has 3 heteroatoms. The van der Waals surface area contributed by atoms with Crippen molar-refractivity contribution in [3.05, 3.63) is 47.0 Å². The topological polar surface area (TPSA) is 29.5 Å². The van der Waals surface area contributed by atoms with E-state index in [0.29, 0.717) is 6.42 Å². The van der Waals surface area contributed by atoms with Gasteiger partial charge in [-0.3, -0.25) is 9.69 Å². The van der Waals surface area contributed by atoms with Gasteiger partial charge in [-0.2, -0.15) is 0 Å². The van der Waals surface area contributed by atoms with Crippen molar-refractivity contribution in [1.29, 1.82) is 0 Å². The van der Waals surface area contributed by atoms with Crippen LogP contribution in [0.25, 0.3) is 0 Å². The van der Waals surface area contributed by atoms with Gasteiger partial charge in [-0.15, -0.1) is 0 Å². The van der Waals surface area contributed by atoms with E-state index < -0.39 is 0 Å². The molecule has 1 aromatic rings. The van der Waals surface area contributed by atoms with E-state index in [-0.39, 0.29) is 12.0 Å². The van der Waals surface area contributed by atoms with Gasteiger partial charge in [0.05, 0.1) is 7.11 Å². The number of nitrogens with zero attached hydrogens (tertiary/aromatic N) is 1. The third kappa shape index (κ3) is 3.48. The number of carbonyl (C=O) groups is 1. The molecule has 1 aliphatic heterocycles. The highest BCUT2D eigenvalue weighted by atomic mass is 16.5. The van der Waals surface area contributed by atoms with Crippen molar-refractivity contribution in [2.45, 2.75) is 32.7 Å². The van der Waals surface area contributed by atoms with Crippen LogP contribution in [0.2, 0.25) is 0 Å². The maximum atomic E-state index is 12.1. The molecule has 1 atom stereocenters. The van der Waals surface area contributed by atoms with Gasteiger partial charge < -0.3 is 4.74 Å². The van der Waals surface area contributed by atoms with E-state index in [4.69, 9.17) is 4.74 Å². The summed E-state index contributed by atoms with van der Waals surface area (Å²) < 4.78 is 5.00. The molecule has 0 N–H and O–H groups in total. The number of carbonyl (C=O) groups excluding carboxylic acids is 1. The number of hydrogen-bond donors (Lipinski definition) is 0. The second-order valence-corrected chi connectivity index (χ2v) is 5.51. The summed E-state index contributed by atoms with van der Waals surface area (Å²) in [5.41, 5.74) is 4.00. The van der Waals surface area contributed by atoms with Crippen LogP contribution in [0.3, 0.4) is 0 Å². The second kappa shape index (κ2) is 6.71. The van der Waals surface area contributed by atoms with E-state index in [9.17, 15) is 4.79 Å². The molecule has 3 nitrogen and oxygen atoms in total. The number of benzene rings is 1. The quantitative estimate of drug-likeness (QED) is 0.624. The van der Waals surface area contributed by atoms with Crippen LogP contribution in [0.4, 0.5) is 0 Å². The zero-order valence-corrected chi connectivity index (χ0v) is 12.6. The lowest BCUT2D eigenvalue weighted by atomic mass is 9.98. The molecule has 0 aromatic heterocycles. The summed E-state index contributed by atoms with van der Waals surface area (Å²) >= 11 is 0. The van der Waals surface area contributed by atoms with Crippen LogP contribution in [0.1, 0.15) is 25.8 Å². The number of ether oxygens (including phenoxy) is 1. The number of rotatable bonds is 4. The molecule has 108 valence electrons. The molecule has 0 saturated carbocycles. The first-order chi connectivity index (χ1) is 9.61. The lowest BCUT2D eigenvalue weighted by Crippen LogP contribution is -2.46. The minimum atomic E-state index is -0.189. The van der Waals surface area contributed by atoms with Crippen molar-refractivity contribution in [2.75, 3.05) is 20.2 Å². The van der Waals surface area contributed by atoms with Gasteiger partial charge in [-0.05, 0) is 32.3 Å². The first-order valence-corrected chi connectivity index (χ1v) is 7.13.